The smallest absolute Gasteiger partial charge is 0.0366 e. The fourth-order valence-electron chi connectivity index (χ4n) is 2.80. The Bertz CT molecular complexity index is 368. The number of anilines is 1. The molecule has 1 heterocycles. The summed E-state index contributed by atoms with van der Waals surface area (Å²) in [6, 6.07) is 9.15. The molecule has 3 heteroatoms. The fourth-order valence-corrected chi connectivity index (χ4v) is 2.80. The summed E-state index contributed by atoms with van der Waals surface area (Å²) in [6.45, 7) is 8.85. The van der Waals surface area contributed by atoms with Gasteiger partial charge in [0, 0.05) is 38.4 Å². The summed E-state index contributed by atoms with van der Waals surface area (Å²) in [5.74, 6) is 0. The van der Waals surface area contributed by atoms with Gasteiger partial charge in [0.05, 0.1) is 0 Å². The average Bonchev–Trinajstić information content (AvgIpc) is 2.49. The second-order valence-electron chi connectivity index (χ2n) is 5.81. The highest BCUT2D eigenvalue weighted by atomic mass is 15.1. The molecule has 1 aromatic rings. The molecule has 0 radical (unpaired) electrons. The van der Waals surface area contributed by atoms with Crippen molar-refractivity contribution >= 4 is 5.69 Å². The van der Waals surface area contributed by atoms with E-state index < -0.39 is 0 Å². The van der Waals surface area contributed by atoms with Gasteiger partial charge in [-0.15, -0.1) is 0 Å². The van der Waals surface area contributed by atoms with Crippen LogP contribution in [0.1, 0.15) is 31.7 Å². The molecule has 0 atom stereocenters. The van der Waals surface area contributed by atoms with E-state index in [1.807, 2.05) is 0 Å². The highest BCUT2D eigenvalue weighted by Crippen LogP contribution is 2.20. The van der Waals surface area contributed by atoms with Crippen molar-refractivity contribution in [1.82, 2.24) is 10.2 Å². The van der Waals surface area contributed by atoms with E-state index in [-0.39, 0.29) is 0 Å². The summed E-state index contributed by atoms with van der Waals surface area (Å²) < 4.78 is 0. The minimum Gasteiger partial charge on any atom is -0.372 e. The van der Waals surface area contributed by atoms with Gasteiger partial charge in [0.1, 0.15) is 0 Å². The predicted molar refractivity (Wildman–Crippen MR) is 87.4 cm³/mol. The van der Waals surface area contributed by atoms with Crippen molar-refractivity contribution in [2.24, 2.45) is 0 Å². The Labute approximate surface area is 124 Å². The molecule has 2 rings (SSSR count). The van der Waals surface area contributed by atoms with Crippen LogP contribution < -0.4 is 10.2 Å². The molecule has 1 aromatic carbocycles. The van der Waals surface area contributed by atoms with Crippen molar-refractivity contribution in [1.29, 1.82) is 0 Å². The molecule has 1 aliphatic rings. The average molecular weight is 275 g/mol. The SMILES string of the molecule is CCNCCN(C)Cc1ccc(N2CCCCC2)cc1. The van der Waals surface area contributed by atoms with Gasteiger partial charge in [-0.05, 0) is 50.6 Å². The van der Waals surface area contributed by atoms with E-state index in [2.05, 4.69) is 53.4 Å². The topological polar surface area (TPSA) is 18.5 Å². The fraction of sp³-hybridized carbons (Fsp3) is 0.647. The van der Waals surface area contributed by atoms with Crippen molar-refractivity contribution in [2.75, 3.05) is 44.7 Å². The maximum atomic E-state index is 3.37. The van der Waals surface area contributed by atoms with Crippen molar-refractivity contribution < 1.29 is 0 Å². The van der Waals surface area contributed by atoms with E-state index in [1.54, 1.807) is 0 Å². The summed E-state index contributed by atoms with van der Waals surface area (Å²) in [5.41, 5.74) is 2.80. The highest BCUT2D eigenvalue weighted by molar-refractivity contribution is 5.47. The Balaban J connectivity index is 1.81. The predicted octanol–water partition coefficient (Wildman–Crippen LogP) is 2.72. The molecular formula is C17H29N3. The third-order valence-corrected chi connectivity index (χ3v) is 4.03. The molecule has 0 amide bonds. The zero-order chi connectivity index (χ0) is 14.2. The molecule has 1 N–H and O–H groups in total. The van der Waals surface area contributed by atoms with Crippen LogP contribution in [0.2, 0.25) is 0 Å². The number of nitrogens with one attached hydrogen (secondary N) is 1. The van der Waals surface area contributed by atoms with E-state index in [1.165, 1.54) is 43.6 Å². The summed E-state index contributed by atoms with van der Waals surface area (Å²) in [6.07, 6.45) is 4.08. The second kappa shape index (κ2) is 8.28. The van der Waals surface area contributed by atoms with Gasteiger partial charge in [-0.1, -0.05) is 19.1 Å². The number of hydrogen-bond acceptors (Lipinski definition) is 3. The summed E-state index contributed by atoms with van der Waals surface area (Å²) >= 11 is 0. The summed E-state index contributed by atoms with van der Waals surface area (Å²) in [5, 5.41) is 3.37. The monoisotopic (exact) mass is 275 g/mol. The molecule has 0 bridgehead atoms. The van der Waals surface area contributed by atoms with Crippen LogP contribution in [-0.2, 0) is 6.54 Å². The molecule has 0 unspecified atom stereocenters. The molecule has 0 aliphatic carbocycles. The van der Waals surface area contributed by atoms with Gasteiger partial charge in [0.25, 0.3) is 0 Å². The number of hydrogen-bond donors (Lipinski definition) is 1. The maximum absolute atomic E-state index is 3.37. The van der Waals surface area contributed by atoms with Gasteiger partial charge in [-0.25, -0.2) is 0 Å². The van der Waals surface area contributed by atoms with Crippen LogP contribution in [0.4, 0.5) is 5.69 Å². The Morgan fingerprint density at radius 3 is 2.45 bits per heavy atom. The van der Waals surface area contributed by atoms with Crippen molar-refractivity contribution in [3.05, 3.63) is 29.8 Å². The molecule has 20 heavy (non-hydrogen) atoms. The number of likely N-dealkylation sites (N-methyl/N-ethyl adjacent to an activating group) is 2. The minimum absolute atomic E-state index is 1.03. The van der Waals surface area contributed by atoms with Crippen LogP contribution in [0.5, 0.6) is 0 Å². The lowest BCUT2D eigenvalue weighted by Crippen LogP contribution is -2.29. The number of benzene rings is 1. The summed E-state index contributed by atoms with van der Waals surface area (Å²) in [7, 11) is 2.19. The molecular weight excluding hydrogens is 246 g/mol. The molecule has 3 nitrogen and oxygen atoms in total. The van der Waals surface area contributed by atoms with Crippen LogP contribution in [0.3, 0.4) is 0 Å². The molecule has 0 spiro atoms. The van der Waals surface area contributed by atoms with Gasteiger partial charge < -0.3 is 15.1 Å². The Morgan fingerprint density at radius 1 is 1.10 bits per heavy atom. The molecule has 1 fully saturated rings. The van der Waals surface area contributed by atoms with E-state index in [9.17, 15) is 0 Å². The molecule has 0 saturated carbocycles. The van der Waals surface area contributed by atoms with E-state index in [0.717, 1.165) is 26.2 Å². The van der Waals surface area contributed by atoms with Gasteiger partial charge in [-0.2, -0.15) is 0 Å². The van der Waals surface area contributed by atoms with Crippen molar-refractivity contribution in [3.8, 4) is 0 Å². The van der Waals surface area contributed by atoms with Crippen molar-refractivity contribution in [3.63, 3.8) is 0 Å². The lowest BCUT2D eigenvalue weighted by Gasteiger charge is -2.29. The lowest BCUT2D eigenvalue weighted by molar-refractivity contribution is 0.325. The van der Waals surface area contributed by atoms with Crippen LogP contribution in [0, 0.1) is 0 Å². The lowest BCUT2D eigenvalue weighted by atomic mass is 10.1. The van der Waals surface area contributed by atoms with E-state index in [0.29, 0.717) is 0 Å². The first-order valence-electron chi connectivity index (χ1n) is 8.02. The maximum Gasteiger partial charge on any atom is 0.0366 e. The van der Waals surface area contributed by atoms with Crippen LogP contribution >= 0.6 is 0 Å². The number of piperidine rings is 1. The highest BCUT2D eigenvalue weighted by Gasteiger charge is 2.10. The Morgan fingerprint density at radius 2 is 1.80 bits per heavy atom. The first kappa shape index (κ1) is 15.3. The Kier molecular flexibility index (Phi) is 6.34. The number of nitrogens with zero attached hydrogens (tertiary/aromatic N) is 2. The second-order valence-corrected chi connectivity index (χ2v) is 5.81. The van der Waals surface area contributed by atoms with Crippen LogP contribution in [0.25, 0.3) is 0 Å². The van der Waals surface area contributed by atoms with Crippen LogP contribution in [-0.4, -0.2) is 44.7 Å². The first-order chi connectivity index (χ1) is 9.79. The van der Waals surface area contributed by atoms with Gasteiger partial charge >= 0.3 is 0 Å². The van der Waals surface area contributed by atoms with Crippen LogP contribution in [0.15, 0.2) is 24.3 Å². The van der Waals surface area contributed by atoms with E-state index >= 15 is 0 Å². The zero-order valence-electron chi connectivity index (χ0n) is 13.1. The molecule has 1 saturated heterocycles. The third-order valence-electron chi connectivity index (χ3n) is 4.03. The molecule has 0 aromatic heterocycles. The third kappa shape index (κ3) is 4.80. The summed E-state index contributed by atoms with van der Waals surface area (Å²) in [4.78, 5) is 4.89. The Hall–Kier alpha value is -1.06. The number of rotatable bonds is 7. The quantitative estimate of drug-likeness (QED) is 0.772. The van der Waals surface area contributed by atoms with Gasteiger partial charge in [0.2, 0.25) is 0 Å². The first-order valence-corrected chi connectivity index (χ1v) is 8.02. The largest absolute Gasteiger partial charge is 0.372 e. The minimum atomic E-state index is 1.03. The molecule has 1 aliphatic heterocycles. The van der Waals surface area contributed by atoms with Gasteiger partial charge in [-0.3, -0.25) is 0 Å². The zero-order valence-corrected chi connectivity index (χ0v) is 13.1. The van der Waals surface area contributed by atoms with E-state index in [4.69, 9.17) is 0 Å². The van der Waals surface area contributed by atoms with Crippen molar-refractivity contribution in [2.45, 2.75) is 32.7 Å². The standard InChI is InChI=1S/C17H29N3/c1-3-18-11-14-19(2)15-16-7-9-17(10-8-16)20-12-5-4-6-13-20/h7-10,18H,3-6,11-15H2,1-2H3. The van der Waals surface area contributed by atoms with Gasteiger partial charge in [0.15, 0.2) is 0 Å². The normalized spacial score (nSPS) is 15.8. The molecule has 112 valence electrons.